The standard InChI is InChI=1S/C11H18N2O2/c1-2-8-14-9-3-4-10-15-11-12-6-5-7-13-11/h5-7H,2-4,8-10H2,1H3. The fraction of sp³-hybridized carbons (Fsp3) is 0.636. The molecule has 0 amide bonds. The second-order valence-corrected chi connectivity index (χ2v) is 3.20. The van der Waals surface area contributed by atoms with Crippen molar-refractivity contribution >= 4 is 0 Å². The van der Waals surface area contributed by atoms with Crippen LogP contribution in [0.3, 0.4) is 0 Å². The molecule has 4 heteroatoms. The lowest BCUT2D eigenvalue weighted by atomic mass is 10.3. The van der Waals surface area contributed by atoms with Gasteiger partial charge in [-0.2, -0.15) is 0 Å². The first kappa shape index (κ1) is 11.9. The summed E-state index contributed by atoms with van der Waals surface area (Å²) in [5, 5.41) is 0. The quantitative estimate of drug-likeness (QED) is 0.616. The number of nitrogens with zero attached hydrogens (tertiary/aromatic N) is 2. The third-order valence-electron chi connectivity index (χ3n) is 1.80. The van der Waals surface area contributed by atoms with E-state index in [1.165, 1.54) is 0 Å². The summed E-state index contributed by atoms with van der Waals surface area (Å²) in [6, 6.07) is 2.22. The van der Waals surface area contributed by atoms with Crippen LogP contribution in [0.15, 0.2) is 18.5 Å². The van der Waals surface area contributed by atoms with Crippen molar-refractivity contribution in [3.63, 3.8) is 0 Å². The van der Waals surface area contributed by atoms with Crippen molar-refractivity contribution in [3.05, 3.63) is 18.5 Å². The zero-order valence-corrected chi connectivity index (χ0v) is 9.19. The van der Waals surface area contributed by atoms with Gasteiger partial charge in [0.05, 0.1) is 6.61 Å². The Morgan fingerprint density at radius 2 is 1.80 bits per heavy atom. The summed E-state index contributed by atoms with van der Waals surface area (Å²) in [4.78, 5) is 7.92. The van der Waals surface area contributed by atoms with E-state index in [2.05, 4.69) is 16.9 Å². The molecule has 0 aliphatic rings. The summed E-state index contributed by atoms with van der Waals surface area (Å²) in [5.74, 6) is 0. The fourth-order valence-corrected chi connectivity index (χ4v) is 1.08. The molecule has 1 aromatic rings. The van der Waals surface area contributed by atoms with Crippen LogP contribution in [0.4, 0.5) is 0 Å². The molecule has 0 bridgehead atoms. The van der Waals surface area contributed by atoms with Gasteiger partial charge in [-0.25, -0.2) is 9.97 Å². The highest BCUT2D eigenvalue weighted by Gasteiger charge is 1.94. The van der Waals surface area contributed by atoms with Gasteiger partial charge in [-0.05, 0) is 25.3 Å². The van der Waals surface area contributed by atoms with Crippen molar-refractivity contribution in [2.45, 2.75) is 26.2 Å². The van der Waals surface area contributed by atoms with Crippen LogP contribution in [-0.2, 0) is 4.74 Å². The molecule has 4 nitrogen and oxygen atoms in total. The van der Waals surface area contributed by atoms with Crippen LogP contribution in [0.25, 0.3) is 0 Å². The molecule has 0 aromatic carbocycles. The second-order valence-electron chi connectivity index (χ2n) is 3.20. The molecule has 0 aliphatic heterocycles. The Labute approximate surface area is 90.7 Å². The Morgan fingerprint density at radius 1 is 1.07 bits per heavy atom. The van der Waals surface area contributed by atoms with E-state index in [1.807, 2.05) is 0 Å². The van der Waals surface area contributed by atoms with Crippen LogP contribution in [0.2, 0.25) is 0 Å². The minimum absolute atomic E-state index is 0.451. The predicted octanol–water partition coefficient (Wildman–Crippen LogP) is 2.06. The van der Waals surface area contributed by atoms with Crippen LogP contribution >= 0.6 is 0 Å². The first-order valence-corrected chi connectivity index (χ1v) is 5.41. The van der Waals surface area contributed by atoms with Crippen molar-refractivity contribution in [3.8, 4) is 6.01 Å². The van der Waals surface area contributed by atoms with Crippen molar-refractivity contribution in [1.82, 2.24) is 9.97 Å². The summed E-state index contributed by atoms with van der Waals surface area (Å²) in [5.41, 5.74) is 0. The molecule has 0 aliphatic carbocycles. The largest absolute Gasteiger partial charge is 0.463 e. The first-order chi connectivity index (χ1) is 7.43. The van der Waals surface area contributed by atoms with Crippen molar-refractivity contribution < 1.29 is 9.47 Å². The minimum Gasteiger partial charge on any atom is -0.463 e. The third kappa shape index (κ3) is 6.01. The highest BCUT2D eigenvalue weighted by atomic mass is 16.5. The van der Waals surface area contributed by atoms with Crippen molar-refractivity contribution in [2.24, 2.45) is 0 Å². The molecular formula is C11H18N2O2. The molecule has 0 saturated heterocycles. The molecule has 0 fully saturated rings. The smallest absolute Gasteiger partial charge is 0.316 e. The van der Waals surface area contributed by atoms with Crippen molar-refractivity contribution in [2.75, 3.05) is 19.8 Å². The summed E-state index contributed by atoms with van der Waals surface area (Å²) >= 11 is 0. The molecule has 1 heterocycles. The van der Waals surface area contributed by atoms with Gasteiger partial charge >= 0.3 is 6.01 Å². The average Bonchev–Trinajstić information content (AvgIpc) is 2.29. The number of rotatable bonds is 8. The Morgan fingerprint density at radius 3 is 2.53 bits per heavy atom. The number of hydrogen-bond acceptors (Lipinski definition) is 4. The summed E-state index contributed by atoms with van der Waals surface area (Å²) in [6.07, 6.45) is 6.42. The zero-order chi connectivity index (χ0) is 10.8. The molecule has 0 radical (unpaired) electrons. The lowest BCUT2D eigenvalue weighted by Gasteiger charge is -2.04. The van der Waals surface area contributed by atoms with Crippen LogP contribution in [0.5, 0.6) is 6.01 Å². The fourth-order valence-electron chi connectivity index (χ4n) is 1.08. The van der Waals surface area contributed by atoms with Crippen LogP contribution in [0, 0.1) is 0 Å². The first-order valence-electron chi connectivity index (χ1n) is 5.41. The van der Waals surface area contributed by atoms with Gasteiger partial charge in [0.2, 0.25) is 0 Å². The Hall–Kier alpha value is -1.16. The normalized spacial score (nSPS) is 10.2. The van der Waals surface area contributed by atoms with Gasteiger partial charge in [-0.3, -0.25) is 0 Å². The third-order valence-corrected chi connectivity index (χ3v) is 1.80. The van der Waals surface area contributed by atoms with Gasteiger partial charge in [-0.15, -0.1) is 0 Å². The molecule has 15 heavy (non-hydrogen) atoms. The molecule has 1 aromatic heterocycles. The SMILES string of the molecule is CCCOCCCCOc1ncccn1. The molecule has 0 atom stereocenters. The van der Waals surface area contributed by atoms with E-state index in [4.69, 9.17) is 9.47 Å². The van der Waals surface area contributed by atoms with Gasteiger partial charge in [0.1, 0.15) is 0 Å². The van der Waals surface area contributed by atoms with Gasteiger partial charge in [-0.1, -0.05) is 6.92 Å². The average molecular weight is 210 g/mol. The number of ether oxygens (including phenoxy) is 2. The molecule has 0 saturated carbocycles. The Balaban J connectivity index is 1.93. The second kappa shape index (κ2) is 8.17. The molecular weight excluding hydrogens is 192 g/mol. The van der Waals surface area contributed by atoms with Crippen LogP contribution in [0.1, 0.15) is 26.2 Å². The molecule has 0 N–H and O–H groups in total. The Bertz CT molecular complexity index is 242. The maximum absolute atomic E-state index is 5.35. The van der Waals surface area contributed by atoms with E-state index >= 15 is 0 Å². The van der Waals surface area contributed by atoms with Crippen LogP contribution < -0.4 is 4.74 Å². The van der Waals surface area contributed by atoms with Crippen LogP contribution in [-0.4, -0.2) is 29.8 Å². The highest BCUT2D eigenvalue weighted by molar-refractivity contribution is 4.92. The Kier molecular flexibility index (Phi) is 6.49. The van der Waals surface area contributed by atoms with E-state index in [-0.39, 0.29) is 0 Å². The molecule has 1 rings (SSSR count). The maximum Gasteiger partial charge on any atom is 0.316 e. The van der Waals surface area contributed by atoms with E-state index < -0.39 is 0 Å². The van der Waals surface area contributed by atoms with Gasteiger partial charge < -0.3 is 9.47 Å². The van der Waals surface area contributed by atoms with E-state index in [9.17, 15) is 0 Å². The van der Waals surface area contributed by atoms with E-state index in [0.717, 1.165) is 32.5 Å². The van der Waals surface area contributed by atoms with E-state index in [0.29, 0.717) is 12.6 Å². The predicted molar refractivity (Wildman–Crippen MR) is 57.9 cm³/mol. The molecule has 84 valence electrons. The number of unbranched alkanes of at least 4 members (excludes halogenated alkanes) is 1. The van der Waals surface area contributed by atoms with Crippen molar-refractivity contribution in [1.29, 1.82) is 0 Å². The summed E-state index contributed by atoms with van der Waals surface area (Å²) in [6.45, 7) is 4.42. The highest BCUT2D eigenvalue weighted by Crippen LogP contribution is 1.99. The van der Waals surface area contributed by atoms with E-state index in [1.54, 1.807) is 18.5 Å². The lowest BCUT2D eigenvalue weighted by Crippen LogP contribution is -2.03. The zero-order valence-electron chi connectivity index (χ0n) is 9.19. The summed E-state index contributed by atoms with van der Waals surface area (Å²) < 4.78 is 10.7. The topological polar surface area (TPSA) is 44.2 Å². The van der Waals surface area contributed by atoms with Gasteiger partial charge in [0, 0.05) is 25.6 Å². The maximum atomic E-state index is 5.35. The minimum atomic E-state index is 0.451. The molecule has 0 spiro atoms. The molecule has 0 unspecified atom stereocenters. The monoisotopic (exact) mass is 210 g/mol. The van der Waals surface area contributed by atoms with Gasteiger partial charge in [0.15, 0.2) is 0 Å². The number of aromatic nitrogens is 2. The summed E-state index contributed by atoms with van der Waals surface area (Å²) in [7, 11) is 0. The number of hydrogen-bond donors (Lipinski definition) is 0. The lowest BCUT2D eigenvalue weighted by molar-refractivity contribution is 0.126. The van der Waals surface area contributed by atoms with Gasteiger partial charge in [0.25, 0.3) is 0 Å².